The molecule has 0 spiro atoms. The average molecular weight is 134 g/mol. The lowest BCUT2D eigenvalue weighted by Crippen LogP contribution is -1.89. The van der Waals surface area contributed by atoms with Crippen LogP contribution >= 0.6 is 0 Å². The molecule has 0 saturated carbocycles. The fourth-order valence-corrected chi connectivity index (χ4v) is 0.878. The molecule has 0 fully saturated rings. The predicted molar refractivity (Wildman–Crippen MR) is 35.5 cm³/mol. The van der Waals surface area contributed by atoms with E-state index in [-0.39, 0.29) is 0 Å². The summed E-state index contributed by atoms with van der Waals surface area (Å²) >= 11 is 0. The molecule has 0 N–H and O–H groups in total. The molecule has 2 heterocycles. The highest BCUT2D eigenvalue weighted by atomic mass is 15.2. The van der Waals surface area contributed by atoms with Crippen molar-refractivity contribution in [2.24, 2.45) is 0 Å². The van der Waals surface area contributed by atoms with Crippen molar-refractivity contribution in [1.82, 2.24) is 19.6 Å². The third-order valence-corrected chi connectivity index (χ3v) is 1.41. The first-order chi connectivity index (χ1) is 4.88. The van der Waals surface area contributed by atoms with E-state index in [2.05, 4.69) is 15.2 Å². The van der Waals surface area contributed by atoms with Crippen LogP contribution in [0.25, 0.3) is 5.65 Å². The van der Waals surface area contributed by atoms with Gasteiger partial charge in [0.2, 0.25) is 0 Å². The minimum Gasteiger partial charge on any atom is -0.283 e. The van der Waals surface area contributed by atoms with Gasteiger partial charge in [0, 0.05) is 11.9 Å². The van der Waals surface area contributed by atoms with Crippen LogP contribution in [0.4, 0.5) is 0 Å². The Bertz CT molecular complexity index is 351. The number of aromatic nitrogens is 4. The fourth-order valence-electron chi connectivity index (χ4n) is 0.878. The van der Waals surface area contributed by atoms with Gasteiger partial charge < -0.3 is 0 Å². The third kappa shape index (κ3) is 0.586. The van der Waals surface area contributed by atoms with Gasteiger partial charge in [-0.3, -0.25) is 9.38 Å². The second-order valence-electron chi connectivity index (χ2n) is 2.11. The topological polar surface area (TPSA) is 43.1 Å². The summed E-state index contributed by atoms with van der Waals surface area (Å²) < 4.78 is 1.88. The molecule has 50 valence electrons. The summed E-state index contributed by atoms with van der Waals surface area (Å²) in [6, 6.07) is 0. The van der Waals surface area contributed by atoms with Crippen molar-refractivity contribution in [2.45, 2.75) is 6.92 Å². The van der Waals surface area contributed by atoms with Crippen LogP contribution in [-0.4, -0.2) is 19.6 Å². The smallest absolute Gasteiger partial charge is 0.179 e. The van der Waals surface area contributed by atoms with Crippen molar-refractivity contribution < 1.29 is 0 Å². The van der Waals surface area contributed by atoms with Crippen LogP contribution in [-0.2, 0) is 0 Å². The lowest BCUT2D eigenvalue weighted by atomic mass is 10.5. The number of hydrogen-bond donors (Lipinski definition) is 0. The molecular formula is C6H6N4. The molecule has 0 saturated heterocycles. The van der Waals surface area contributed by atoms with Gasteiger partial charge in [-0.1, -0.05) is 0 Å². The molecule has 0 bridgehead atoms. The molecule has 4 heteroatoms. The molecule has 0 radical (unpaired) electrons. The summed E-state index contributed by atoms with van der Waals surface area (Å²) in [7, 11) is 0. The van der Waals surface area contributed by atoms with E-state index < -0.39 is 0 Å². The monoisotopic (exact) mass is 134 g/mol. The Morgan fingerprint density at radius 1 is 1.40 bits per heavy atom. The molecule has 0 aliphatic rings. The number of nitrogens with zero attached hydrogens (tertiary/aromatic N) is 4. The highest BCUT2D eigenvalue weighted by molar-refractivity contribution is 5.33. The maximum Gasteiger partial charge on any atom is 0.179 e. The standard InChI is InChI=1S/C6H6N4/c1-5-2-7-3-6-9-8-4-10(5)6/h2-4H,1H3. The van der Waals surface area contributed by atoms with Gasteiger partial charge in [0.15, 0.2) is 5.65 Å². The van der Waals surface area contributed by atoms with Crippen molar-refractivity contribution in [3.63, 3.8) is 0 Å². The largest absolute Gasteiger partial charge is 0.283 e. The van der Waals surface area contributed by atoms with Gasteiger partial charge in [-0.25, -0.2) is 0 Å². The van der Waals surface area contributed by atoms with Crippen LogP contribution in [0.15, 0.2) is 18.7 Å². The highest BCUT2D eigenvalue weighted by Crippen LogP contribution is 1.98. The first kappa shape index (κ1) is 5.34. The summed E-state index contributed by atoms with van der Waals surface area (Å²) in [4.78, 5) is 3.96. The first-order valence-electron chi connectivity index (χ1n) is 2.98. The second kappa shape index (κ2) is 1.76. The van der Waals surface area contributed by atoms with Crippen LogP contribution < -0.4 is 0 Å². The van der Waals surface area contributed by atoms with Gasteiger partial charge in [0.05, 0.1) is 6.20 Å². The van der Waals surface area contributed by atoms with Crippen molar-refractivity contribution in [3.05, 3.63) is 24.4 Å². The van der Waals surface area contributed by atoms with Crippen LogP contribution in [0, 0.1) is 6.92 Å². The summed E-state index contributed by atoms with van der Waals surface area (Å²) in [5, 5.41) is 7.57. The van der Waals surface area contributed by atoms with Crippen molar-refractivity contribution >= 4 is 5.65 Å². The molecule has 2 rings (SSSR count). The van der Waals surface area contributed by atoms with E-state index in [9.17, 15) is 0 Å². The van der Waals surface area contributed by atoms with Gasteiger partial charge >= 0.3 is 0 Å². The van der Waals surface area contributed by atoms with E-state index in [0.29, 0.717) is 0 Å². The molecular weight excluding hydrogens is 128 g/mol. The lowest BCUT2D eigenvalue weighted by molar-refractivity contribution is 1.04. The summed E-state index contributed by atoms with van der Waals surface area (Å²) in [5.74, 6) is 0. The van der Waals surface area contributed by atoms with Gasteiger partial charge in [-0.15, -0.1) is 10.2 Å². The highest BCUT2D eigenvalue weighted by Gasteiger charge is 1.94. The summed E-state index contributed by atoms with van der Waals surface area (Å²) in [5.41, 5.74) is 1.84. The zero-order valence-corrected chi connectivity index (χ0v) is 5.52. The summed E-state index contributed by atoms with van der Waals surface area (Å²) in [6.07, 6.45) is 5.13. The van der Waals surface area contributed by atoms with Crippen molar-refractivity contribution in [2.75, 3.05) is 0 Å². The molecule has 0 amide bonds. The van der Waals surface area contributed by atoms with E-state index >= 15 is 0 Å². The van der Waals surface area contributed by atoms with Gasteiger partial charge in [-0.05, 0) is 6.92 Å². The normalized spacial score (nSPS) is 10.5. The molecule has 0 aromatic carbocycles. The number of hydrogen-bond acceptors (Lipinski definition) is 3. The quantitative estimate of drug-likeness (QED) is 0.524. The van der Waals surface area contributed by atoms with E-state index in [0.717, 1.165) is 11.3 Å². The van der Waals surface area contributed by atoms with Gasteiger partial charge in [-0.2, -0.15) is 0 Å². The Balaban J connectivity index is 2.95. The van der Waals surface area contributed by atoms with Crippen molar-refractivity contribution in [3.8, 4) is 0 Å². The zero-order chi connectivity index (χ0) is 6.97. The molecule has 0 unspecified atom stereocenters. The minimum absolute atomic E-state index is 0.792. The SMILES string of the molecule is Cc1cncc2nncn12. The average Bonchev–Trinajstić information content (AvgIpc) is 2.36. The van der Waals surface area contributed by atoms with E-state index in [1.807, 2.05) is 11.3 Å². The number of fused-ring (bicyclic) bond motifs is 1. The molecule has 0 aliphatic heterocycles. The van der Waals surface area contributed by atoms with Crippen LogP contribution in [0.2, 0.25) is 0 Å². The maximum atomic E-state index is 3.96. The van der Waals surface area contributed by atoms with Gasteiger partial charge in [0.25, 0.3) is 0 Å². The van der Waals surface area contributed by atoms with E-state index in [4.69, 9.17) is 0 Å². The molecule has 4 nitrogen and oxygen atoms in total. The molecule has 0 aliphatic carbocycles. The first-order valence-corrected chi connectivity index (χ1v) is 2.98. The van der Waals surface area contributed by atoms with Crippen LogP contribution in [0.1, 0.15) is 5.69 Å². The molecule has 0 atom stereocenters. The molecule has 2 aromatic rings. The molecule has 2 aromatic heterocycles. The number of aryl methyl sites for hydroxylation is 1. The van der Waals surface area contributed by atoms with Crippen LogP contribution in [0.3, 0.4) is 0 Å². The second-order valence-corrected chi connectivity index (χ2v) is 2.11. The Morgan fingerprint density at radius 2 is 2.30 bits per heavy atom. The Hall–Kier alpha value is -1.45. The third-order valence-electron chi connectivity index (χ3n) is 1.41. The maximum absolute atomic E-state index is 3.96. The Labute approximate surface area is 57.5 Å². The van der Waals surface area contributed by atoms with Crippen molar-refractivity contribution in [1.29, 1.82) is 0 Å². The lowest BCUT2D eigenvalue weighted by Gasteiger charge is -1.93. The minimum atomic E-state index is 0.792. The van der Waals surface area contributed by atoms with E-state index in [1.165, 1.54) is 0 Å². The number of rotatable bonds is 0. The van der Waals surface area contributed by atoms with Crippen LogP contribution in [0.5, 0.6) is 0 Å². The zero-order valence-electron chi connectivity index (χ0n) is 5.52. The van der Waals surface area contributed by atoms with E-state index in [1.54, 1.807) is 18.7 Å². The predicted octanol–water partition coefficient (Wildman–Crippen LogP) is 0.433. The summed E-state index contributed by atoms with van der Waals surface area (Å²) in [6.45, 7) is 1.96. The van der Waals surface area contributed by atoms with Gasteiger partial charge in [0.1, 0.15) is 6.33 Å². The Kier molecular flexibility index (Phi) is 0.943. The Morgan fingerprint density at radius 3 is 3.10 bits per heavy atom. The fraction of sp³-hybridized carbons (Fsp3) is 0.167. The molecule has 10 heavy (non-hydrogen) atoms.